The lowest BCUT2D eigenvalue weighted by molar-refractivity contribution is 0.194. The van der Waals surface area contributed by atoms with Gasteiger partial charge in [-0.3, -0.25) is 0 Å². The Morgan fingerprint density at radius 1 is 1.56 bits per heavy atom. The molecule has 2 nitrogen and oxygen atoms in total. The Balaban J connectivity index is 3.22. The van der Waals surface area contributed by atoms with E-state index < -0.39 is 0 Å². The van der Waals surface area contributed by atoms with E-state index in [1.165, 1.54) is 0 Å². The van der Waals surface area contributed by atoms with Crippen LogP contribution in [0.4, 0.5) is 0 Å². The quantitative estimate of drug-likeness (QED) is 0.603. The lowest BCUT2D eigenvalue weighted by atomic mass is 10.2. The molecule has 0 rings (SSSR count). The number of hydrogen-bond acceptors (Lipinski definition) is 2. The van der Waals surface area contributed by atoms with E-state index in [4.69, 9.17) is 5.11 Å². The minimum Gasteiger partial charge on any atom is -0.396 e. The van der Waals surface area contributed by atoms with Crippen molar-refractivity contribution in [3.8, 4) is 0 Å². The Morgan fingerprint density at radius 3 is 2.44 bits per heavy atom. The molecule has 0 spiro atoms. The van der Waals surface area contributed by atoms with Crippen molar-refractivity contribution in [2.45, 2.75) is 13.8 Å². The number of aliphatic hydroxyl groups excluding tert-OH is 1. The van der Waals surface area contributed by atoms with Gasteiger partial charge < -0.3 is 10.0 Å². The van der Waals surface area contributed by atoms with Gasteiger partial charge in [-0.15, -0.1) is 0 Å². The summed E-state index contributed by atoms with van der Waals surface area (Å²) in [5, 5.41) is 8.65. The van der Waals surface area contributed by atoms with E-state index >= 15 is 0 Å². The van der Waals surface area contributed by atoms with Crippen molar-refractivity contribution in [2.24, 2.45) is 5.92 Å². The Hall–Kier alpha value is -0.0800. The van der Waals surface area contributed by atoms with Crippen molar-refractivity contribution < 1.29 is 5.11 Å². The third kappa shape index (κ3) is 4.43. The molecule has 0 aromatic carbocycles. The van der Waals surface area contributed by atoms with Crippen LogP contribution in [0.2, 0.25) is 0 Å². The molecule has 0 bridgehead atoms. The van der Waals surface area contributed by atoms with Crippen molar-refractivity contribution in [2.75, 3.05) is 26.7 Å². The fourth-order valence-electron chi connectivity index (χ4n) is 0.719. The van der Waals surface area contributed by atoms with E-state index in [9.17, 15) is 0 Å². The van der Waals surface area contributed by atoms with Crippen molar-refractivity contribution in [3.05, 3.63) is 0 Å². The average Bonchev–Trinajstić information content (AvgIpc) is 1.87. The van der Waals surface area contributed by atoms with Crippen LogP contribution in [0.15, 0.2) is 0 Å². The largest absolute Gasteiger partial charge is 0.396 e. The molecule has 0 radical (unpaired) electrons. The average molecular weight is 131 g/mol. The molecule has 0 heterocycles. The molecular formula is C7H17NO. The van der Waals surface area contributed by atoms with E-state index in [1.54, 1.807) is 0 Å². The number of rotatable bonds is 4. The topological polar surface area (TPSA) is 23.5 Å². The molecule has 1 atom stereocenters. The van der Waals surface area contributed by atoms with Gasteiger partial charge in [-0.2, -0.15) is 0 Å². The maximum atomic E-state index is 8.65. The Morgan fingerprint density at radius 2 is 2.11 bits per heavy atom. The molecular weight excluding hydrogens is 114 g/mol. The van der Waals surface area contributed by atoms with Crippen LogP contribution in [0.25, 0.3) is 0 Å². The molecule has 0 saturated carbocycles. The zero-order valence-corrected chi connectivity index (χ0v) is 6.59. The molecule has 0 aliphatic heterocycles. The number of aliphatic hydroxyl groups is 1. The first-order chi connectivity index (χ1) is 4.20. The number of hydrogen-bond donors (Lipinski definition) is 1. The van der Waals surface area contributed by atoms with Crippen LogP contribution in [-0.4, -0.2) is 36.8 Å². The summed E-state index contributed by atoms with van der Waals surface area (Å²) in [5.41, 5.74) is 0. The molecule has 0 amide bonds. The van der Waals surface area contributed by atoms with Crippen LogP contribution < -0.4 is 0 Å². The summed E-state index contributed by atoms with van der Waals surface area (Å²) in [6.07, 6.45) is 0. The van der Waals surface area contributed by atoms with Crippen LogP contribution in [0, 0.1) is 5.92 Å². The van der Waals surface area contributed by atoms with Crippen molar-refractivity contribution in [1.29, 1.82) is 0 Å². The van der Waals surface area contributed by atoms with Gasteiger partial charge in [-0.25, -0.2) is 0 Å². The molecule has 0 aromatic rings. The summed E-state index contributed by atoms with van der Waals surface area (Å²) in [6, 6.07) is 0. The molecule has 9 heavy (non-hydrogen) atoms. The smallest absolute Gasteiger partial charge is 0.0468 e. The molecule has 56 valence electrons. The van der Waals surface area contributed by atoms with Crippen molar-refractivity contribution >= 4 is 0 Å². The van der Waals surface area contributed by atoms with Crippen LogP contribution in [0.5, 0.6) is 0 Å². The monoisotopic (exact) mass is 131 g/mol. The fourth-order valence-corrected chi connectivity index (χ4v) is 0.719. The first-order valence-electron chi connectivity index (χ1n) is 3.50. The highest BCUT2D eigenvalue weighted by Gasteiger charge is 2.01. The van der Waals surface area contributed by atoms with Crippen LogP contribution in [-0.2, 0) is 0 Å². The van der Waals surface area contributed by atoms with Gasteiger partial charge in [0.05, 0.1) is 0 Å². The minimum absolute atomic E-state index is 0.296. The highest BCUT2D eigenvalue weighted by atomic mass is 16.3. The van der Waals surface area contributed by atoms with Gasteiger partial charge in [0.2, 0.25) is 0 Å². The van der Waals surface area contributed by atoms with Crippen LogP contribution in [0.3, 0.4) is 0 Å². The summed E-state index contributed by atoms with van der Waals surface area (Å²) in [6.45, 7) is 6.51. The highest BCUT2D eigenvalue weighted by Crippen LogP contribution is 1.94. The number of nitrogens with zero attached hydrogens (tertiary/aromatic N) is 1. The van der Waals surface area contributed by atoms with E-state index in [2.05, 4.69) is 18.9 Å². The van der Waals surface area contributed by atoms with Crippen LogP contribution in [0.1, 0.15) is 13.8 Å². The lowest BCUT2D eigenvalue weighted by Crippen LogP contribution is -2.25. The Labute approximate surface area is 57.5 Å². The van der Waals surface area contributed by atoms with Gasteiger partial charge in [0.1, 0.15) is 0 Å². The van der Waals surface area contributed by atoms with Gasteiger partial charge in [0.15, 0.2) is 0 Å². The molecule has 0 fully saturated rings. The summed E-state index contributed by atoms with van der Waals surface area (Å²) in [4.78, 5) is 2.20. The lowest BCUT2D eigenvalue weighted by Gasteiger charge is -2.17. The third-order valence-corrected chi connectivity index (χ3v) is 1.47. The van der Waals surface area contributed by atoms with E-state index in [1.807, 2.05) is 6.92 Å². The molecule has 0 aliphatic carbocycles. The summed E-state index contributed by atoms with van der Waals surface area (Å²) in [5.74, 6) is 0.412. The van der Waals surface area contributed by atoms with Gasteiger partial charge in [0, 0.05) is 13.2 Å². The highest BCUT2D eigenvalue weighted by molar-refractivity contribution is 4.54. The van der Waals surface area contributed by atoms with Crippen LogP contribution >= 0.6 is 0 Å². The van der Waals surface area contributed by atoms with Crippen molar-refractivity contribution in [3.63, 3.8) is 0 Å². The standard InChI is InChI=1S/C7H17NO/c1-4-8(3)5-7(2)6-9/h7,9H,4-6H2,1-3H3. The maximum Gasteiger partial charge on any atom is 0.0468 e. The normalized spacial score (nSPS) is 14.3. The predicted molar refractivity (Wildman–Crippen MR) is 39.4 cm³/mol. The molecule has 1 N–H and O–H groups in total. The van der Waals surface area contributed by atoms with E-state index in [0.29, 0.717) is 12.5 Å². The summed E-state index contributed by atoms with van der Waals surface area (Å²) in [7, 11) is 2.06. The first kappa shape index (κ1) is 8.92. The van der Waals surface area contributed by atoms with Gasteiger partial charge in [-0.1, -0.05) is 13.8 Å². The third-order valence-electron chi connectivity index (χ3n) is 1.47. The molecule has 0 saturated heterocycles. The van der Waals surface area contributed by atoms with Gasteiger partial charge in [-0.05, 0) is 19.5 Å². The Bertz CT molecular complexity index is 57.9. The van der Waals surface area contributed by atoms with Gasteiger partial charge >= 0.3 is 0 Å². The predicted octanol–water partition coefficient (Wildman–Crippen LogP) is 0.567. The fraction of sp³-hybridized carbons (Fsp3) is 1.00. The zero-order valence-electron chi connectivity index (χ0n) is 6.59. The summed E-state index contributed by atoms with van der Waals surface area (Å²) >= 11 is 0. The van der Waals surface area contributed by atoms with Crippen molar-refractivity contribution in [1.82, 2.24) is 4.90 Å². The minimum atomic E-state index is 0.296. The zero-order chi connectivity index (χ0) is 7.28. The second-order valence-corrected chi connectivity index (χ2v) is 2.64. The summed E-state index contributed by atoms with van der Waals surface area (Å²) < 4.78 is 0. The molecule has 0 aromatic heterocycles. The second-order valence-electron chi connectivity index (χ2n) is 2.64. The SMILES string of the molecule is CCN(C)CC(C)CO. The maximum absolute atomic E-state index is 8.65. The Kier molecular flexibility index (Phi) is 4.72. The first-order valence-corrected chi connectivity index (χ1v) is 3.50. The molecule has 1 unspecified atom stereocenters. The van der Waals surface area contributed by atoms with E-state index in [0.717, 1.165) is 13.1 Å². The van der Waals surface area contributed by atoms with Gasteiger partial charge in [0.25, 0.3) is 0 Å². The second kappa shape index (κ2) is 4.77. The molecule has 0 aliphatic rings. The van der Waals surface area contributed by atoms with E-state index in [-0.39, 0.29) is 0 Å². The molecule has 2 heteroatoms.